The van der Waals surface area contributed by atoms with Gasteiger partial charge in [0.25, 0.3) is 11.5 Å². The molecule has 0 unspecified atom stereocenters. The summed E-state index contributed by atoms with van der Waals surface area (Å²) in [5.41, 5.74) is 2.14. The summed E-state index contributed by atoms with van der Waals surface area (Å²) in [7, 11) is 1.66. The summed E-state index contributed by atoms with van der Waals surface area (Å²) in [5, 5.41) is 8.05. The summed E-state index contributed by atoms with van der Waals surface area (Å²) in [6.07, 6.45) is 9.31. The molecule has 0 saturated heterocycles. The minimum absolute atomic E-state index is 0.112. The van der Waals surface area contributed by atoms with Crippen molar-refractivity contribution in [2.75, 3.05) is 0 Å². The molecule has 3 aromatic rings. The van der Waals surface area contributed by atoms with Crippen LogP contribution in [0.1, 0.15) is 47.6 Å². The van der Waals surface area contributed by atoms with Crippen LogP contribution in [0.3, 0.4) is 0 Å². The Balaban J connectivity index is 1.42. The Kier molecular flexibility index (Phi) is 4.51. The molecule has 27 heavy (non-hydrogen) atoms. The molecule has 2 heterocycles. The molecule has 1 aliphatic rings. The van der Waals surface area contributed by atoms with Crippen molar-refractivity contribution in [3.63, 3.8) is 0 Å². The van der Waals surface area contributed by atoms with E-state index < -0.39 is 0 Å². The van der Waals surface area contributed by atoms with Crippen LogP contribution in [-0.2, 0) is 7.05 Å². The molecule has 1 fully saturated rings. The predicted molar refractivity (Wildman–Crippen MR) is 103 cm³/mol. The van der Waals surface area contributed by atoms with Crippen molar-refractivity contribution < 1.29 is 4.79 Å². The van der Waals surface area contributed by atoms with Crippen molar-refractivity contribution in [3.05, 3.63) is 58.4 Å². The van der Waals surface area contributed by atoms with Crippen LogP contribution < -0.4 is 10.9 Å². The average Bonchev–Trinajstić information content (AvgIpc) is 3.11. The fourth-order valence-corrected chi connectivity index (χ4v) is 3.74. The minimum Gasteiger partial charge on any atom is -0.349 e. The first-order valence-electron chi connectivity index (χ1n) is 9.28. The summed E-state index contributed by atoms with van der Waals surface area (Å²) < 4.78 is 3.48. The van der Waals surface area contributed by atoms with Gasteiger partial charge in [-0.3, -0.25) is 14.3 Å². The van der Waals surface area contributed by atoms with Gasteiger partial charge in [-0.05, 0) is 56.4 Å². The number of aromatic nitrogens is 4. The summed E-state index contributed by atoms with van der Waals surface area (Å²) in [6.45, 7) is 2.05. The van der Waals surface area contributed by atoms with Crippen molar-refractivity contribution in [1.82, 2.24) is 24.6 Å². The van der Waals surface area contributed by atoms with Crippen LogP contribution in [0, 0.1) is 6.92 Å². The number of hydrogen-bond donors (Lipinski definition) is 1. The zero-order chi connectivity index (χ0) is 19.0. The van der Waals surface area contributed by atoms with E-state index in [1.54, 1.807) is 25.2 Å². The lowest BCUT2D eigenvalue weighted by Crippen LogP contribution is -2.38. The molecule has 1 N–H and O–H groups in total. The van der Waals surface area contributed by atoms with Crippen molar-refractivity contribution in [2.45, 2.75) is 44.7 Å². The van der Waals surface area contributed by atoms with Crippen LogP contribution in [0.25, 0.3) is 10.9 Å². The SMILES string of the molecule is Cc1cnn(C2CCC(NC(=O)c3ccc4c(=O)n(C)cnc4c3)CC2)c1. The number of aryl methyl sites for hydroxylation is 2. The zero-order valence-electron chi connectivity index (χ0n) is 15.6. The highest BCUT2D eigenvalue weighted by Crippen LogP contribution is 2.28. The first kappa shape index (κ1) is 17.5. The Morgan fingerprint density at radius 1 is 1.22 bits per heavy atom. The maximum absolute atomic E-state index is 12.6. The number of rotatable bonds is 3. The monoisotopic (exact) mass is 365 g/mol. The second-order valence-electron chi connectivity index (χ2n) is 7.37. The topological polar surface area (TPSA) is 81.8 Å². The molecule has 7 heteroatoms. The Morgan fingerprint density at radius 3 is 2.70 bits per heavy atom. The fraction of sp³-hybridized carbons (Fsp3) is 0.400. The maximum Gasteiger partial charge on any atom is 0.260 e. The largest absolute Gasteiger partial charge is 0.349 e. The third kappa shape index (κ3) is 3.49. The Morgan fingerprint density at radius 2 is 2.00 bits per heavy atom. The van der Waals surface area contributed by atoms with E-state index in [0.717, 1.165) is 25.7 Å². The molecule has 2 aromatic heterocycles. The molecule has 0 atom stereocenters. The van der Waals surface area contributed by atoms with E-state index in [1.165, 1.54) is 16.5 Å². The van der Waals surface area contributed by atoms with Crippen molar-refractivity contribution >= 4 is 16.8 Å². The van der Waals surface area contributed by atoms with Gasteiger partial charge in [-0.2, -0.15) is 5.10 Å². The lowest BCUT2D eigenvalue weighted by molar-refractivity contribution is 0.0922. The lowest BCUT2D eigenvalue weighted by atomic mass is 9.91. The summed E-state index contributed by atoms with van der Waals surface area (Å²) in [5.74, 6) is -0.113. The van der Waals surface area contributed by atoms with E-state index in [-0.39, 0.29) is 17.5 Å². The number of fused-ring (bicyclic) bond motifs is 1. The second-order valence-corrected chi connectivity index (χ2v) is 7.37. The Bertz CT molecular complexity index is 1040. The Hall–Kier alpha value is -2.96. The molecular formula is C20H23N5O2. The third-order valence-electron chi connectivity index (χ3n) is 5.32. The predicted octanol–water partition coefficient (Wildman–Crippen LogP) is 2.35. The first-order valence-corrected chi connectivity index (χ1v) is 9.28. The van der Waals surface area contributed by atoms with E-state index in [2.05, 4.69) is 21.6 Å². The van der Waals surface area contributed by atoms with Gasteiger partial charge < -0.3 is 9.88 Å². The lowest BCUT2D eigenvalue weighted by Gasteiger charge is -2.29. The number of amides is 1. The normalized spacial score (nSPS) is 19.9. The average molecular weight is 365 g/mol. The van der Waals surface area contributed by atoms with E-state index in [0.29, 0.717) is 22.5 Å². The van der Waals surface area contributed by atoms with Gasteiger partial charge in [0.1, 0.15) is 0 Å². The highest BCUT2D eigenvalue weighted by Gasteiger charge is 2.24. The third-order valence-corrected chi connectivity index (χ3v) is 5.32. The number of hydrogen-bond acceptors (Lipinski definition) is 4. The van der Waals surface area contributed by atoms with E-state index >= 15 is 0 Å². The molecule has 1 amide bonds. The van der Waals surface area contributed by atoms with Gasteiger partial charge in [-0.15, -0.1) is 0 Å². The molecule has 1 saturated carbocycles. The molecule has 140 valence electrons. The van der Waals surface area contributed by atoms with Crippen LogP contribution in [-0.4, -0.2) is 31.3 Å². The van der Waals surface area contributed by atoms with Crippen molar-refractivity contribution in [3.8, 4) is 0 Å². The van der Waals surface area contributed by atoms with Crippen molar-refractivity contribution in [1.29, 1.82) is 0 Å². The van der Waals surface area contributed by atoms with Crippen LogP contribution in [0.5, 0.6) is 0 Å². The van der Waals surface area contributed by atoms with Gasteiger partial charge in [0.2, 0.25) is 0 Å². The van der Waals surface area contributed by atoms with E-state index in [9.17, 15) is 9.59 Å². The number of nitrogens with zero attached hydrogens (tertiary/aromatic N) is 4. The van der Waals surface area contributed by atoms with E-state index in [4.69, 9.17) is 0 Å². The van der Waals surface area contributed by atoms with Crippen molar-refractivity contribution in [2.24, 2.45) is 7.05 Å². The summed E-state index contributed by atoms with van der Waals surface area (Å²) in [6, 6.07) is 5.63. The molecule has 1 aromatic carbocycles. The van der Waals surface area contributed by atoms with Crippen LogP contribution in [0.4, 0.5) is 0 Å². The van der Waals surface area contributed by atoms with Gasteiger partial charge in [0, 0.05) is 24.8 Å². The quantitative estimate of drug-likeness (QED) is 0.772. The first-order chi connectivity index (χ1) is 13.0. The molecule has 4 rings (SSSR count). The van der Waals surface area contributed by atoms with Gasteiger partial charge in [0.05, 0.1) is 29.5 Å². The summed E-state index contributed by atoms with van der Waals surface area (Å²) >= 11 is 0. The van der Waals surface area contributed by atoms with Gasteiger partial charge >= 0.3 is 0 Å². The minimum atomic E-state index is -0.113. The second kappa shape index (κ2) is 6.98. The Labute approximate surface area is 157 Å². The van der Waals surface area contributed by atoms with Gasteiger partial charge in [-0.25, -0.2) is 4.98 Å². The number of carbonyl (C=O) groups is 1. The molecule has 0 aliphatic heterocycles. The molecule has 0 bridgehead atoms. The maximum atomic E-state index is 12.6. The number of benzene rings is 1. The molecule has 0 radical (unpaired) electrons. The van der Waals surface area contributed by atoms with E-state index in [1.807, 2.05) is 17.8 Å². The number of carbonyl (C=O) groups excluding carboxylic acids is 1. The molecule has 7 nitrogen and oxygen atoms in total. The smallest absolute Gasteiger partial charge is 0.260 e. The molecular weight excluding hydrogens is 342 g/mol. The zero-order valence-corrected chi connectivity index (χ0v) is 15.6. The van der Waals surface area contributed by atoms with Crippen LogP contribution >= 0.6 is 0 Å². The standard InChI is InChI=1S/C20H23N5O2/c1-13-10-22-25(11-13)16-6-4-15(5-7-16)23-19(26)14-3-8-17-18(9-14)21-12-24(2)20(17)27/h3,8-12,15-16H,4-7H2,1-2H3,(H,23,26). The van der Waals surface area contributed by atoms with Crippen LogP contribution in [0.2, 0.25) is 0 Å². The van der Waals surface area contributed by atoms with Gasteiger partial charge in [0.15, 0.2) is 0 Å². The highest BCUT2D eigenvalue weighted by molar-refractivity contribution is 5.97. The molecule has 1 aliphatic carbocycles. The highest BCUT2D eigenvalue weighted by atomic mass is 16.1. The molecule has 0 spiro atoms. The fourth-order valence-electron chi connectivity index (χ4n) is 3.74. The summed E-state index contributed by atoms with van der Waals surface area (Å²) in [4.78, 5) is 29.0. The number of nitrogens with one attached hydrogen (secondary N) is 1. The van der Waals surface area contributed by atoms with Gasteiger partial charge in [-0.1, -0.05) is 0 Å². The van der Waals surface area contributed by atoms with Crippen LogP contribution in [0.15, 0.2) is 41.7 Å².